The molecule has 5 bridgehead atoms. The highest BCUT2D eigenvalue weighted by atomic mass is 16.3. The van der Waals surface area contributed by atoms with Gasteiger partial charge in [-0.15, -0.1) is 0 Å². The van der Waals surface area contributed by atoms with Crippen molar-refractivity contribution in [1.29, 1.82) is 0 Å². The van der Waals surface area contributed by atoms with Gasteiger partial charge in [0, 0.05) is 37.4 Å². The second-order valence-corrected chi connectivity index (χ2v) is 10.1. The van der Waals surface area contributed by atoms with E-state index in [0.717, 1.165) is 30.3 Å². The quantitative estimate of drug-likeness (QED) is 0.805. The minimum Gasteiger partial charge on any atom is -0.392 e. The molecule has 4 nitrogen and oxygen atoms in total. The standard InChI is InChI=1S/C23H33N2O2/c1-4-10-25-17-11-14(13(5-2)22(25)27)19-18(25)12-23(21(19)26)15-8-6-7-9-16(15)24(3)20(17)23/h6-9,13-14,17-22,26-27H,4-5,10-12H2,1-3H3/q+1/t13-,14-,17+,18-,19+,20-,21-,22+,23+,25-/m0/s1. The first kappa shape index (κ1) is 16.8. The van der Waals surface area contributed by atoms with E-state index in [1.807, 2.05) is 0 Å². The summed E-state index contributed by atoms with van der Waals surface area (Å²) in [6.45, 7) is 5.56. The van der Waals surface area contributed by atoms with E-state index in [1.165, 1.54) is 17.7 Å². The maximum Gasteiger partial charge on any atom is 0.194 e. The van der Waals surface area contributed by atoms with E-state index in [-0.39, 0.29) is 17.7 Å². The molecule has 2 N–H and O–H groups in total. The second kappa shape index (κ2) is 5.08. The Morgan fingerprint density at radius 2 is 1.96 bits per heavy atom. The first-order chi connectivity index (χ1) is 13.0. The summed E-state index contributed by atoms with van der Waals surface area (Å²) in [6.07, 6.45) is 3.84. The summed E-state index contributed by atoms with van der Waals surface area (Å²) in [6, 6.07) is 9.97. The largest absolute Gasteiger partial charge is 0.392 e. The zero-order valence-corrected chi connectivity index (χ0v) is 16.8. The van der Waals surface area contributed by atoms with Crippen LogP contribution in [0.1, 0.15) is 45.1 Å². The average Bonchev–Trinajstić information content (AvgIpc) is 3.06. The Morgan fingerprint density at radius 3 is 2.70 bits per heavy atom. The van der Waals surface area contributed by atoms with Crippen LogP contribution >= 0.6 is 0 Å². The first-order valence-electron chi connectivity index (χ1n) is 11.1. The zero-order valence-electron chi connectivity index (χ0n) is 16.8. The van der Waals surface area contributed by atoms with E-state index in [9.17, 15) is 10.2 Å². The number of fused-ring (bicyclic) bond motifs is 2. The molecule has 4 saturated heterocycles. The van der Waals surface area contributed by atoms with Crippen LogP contribution in [-0.4, -0.2) is 58.7 Å². The number of aliphatic hydroxyl groups excluding tert-OH is 2. The molecule has 6 aliphatic rings. The van der Waals surface area contributed by atoms with E-state index >= 15 is 0 Å². The Kier molecular flexibility index (Phi) is 3.17. The monoisotopic (exact) mass is 369 g/mol. The van der Waals surface area contributed by atoms with Crippen LogP contribution in [0.15, 0.2) is 24.3 Å². The number of rotatable bonds is 3. The number of likely N-dealkylation sites (N-methyl/N-ethyl adjacent to an activating group) is 1. The van der Waals surface area contributed by atoms with Crippen molar-refractivity contribution in [3.05, 3.63) is 29.8 Å². The Hall–Kier alpha value is -1.10. The topological polar surface area (TPSA) is 43.7 Å². The van der Waals surface area contributed by atoms with Gasteiger partial charge in [0.05, 0.1) is 30.1 Å². The minimum atomic E-state index is -0.271. The molecule has 1 aromatic carbocycles. The summed E-state index contributed by atoms with van der Waals surface area (Å²) in [5.41, 5.74) is 2.56. The molecule has 1 saturated carbocycles. The molecule has 7 rings (SSSR count). The molecular formula is C23H33N2O2+. The van der Waals surface area contributed by atoms with Gasteiger partial charge in [-0.25, -0.2) is 0 Å². The number of nitrogens with zero attached hydrogens (tertiary/aromatic N) is 2. The number of hydrogen-bond donors (Lipinski definition) is 2. The number of aliphatic hydroxyl groups is 2. The van der Waals surface area contributed by atoms with E-state index in [2.05, 4.69) is 50.1 Å². The number of benzene rings is 1. The van der Waals surface area contributed by atoms with Crippen molar-refractivity contribution in [3.8, 4) is 0 Å². The van der Waals surface area contributed by atoms with Gasteiger partial charge in [0.1, 0.15) is 6.04 Å². The van der Waals surface area contributed by atoms with Crippen LogP contribution in [0.4, 0.5) is 5.69 Å². The fourth-order valence-corrected chi connectivity index (χ4v) is 9.23. The molecule has 0 amide bonds. The molecule has 5 heterocycles. The number of para-hydroxylation sites is 1. The van der Waals surface area contributed by atoms with Gasteiger partial charge in [-0.1, -0.05) is 32.0 Å². The summed E-state index contributed by atoms with van der Waals surface area (Å²) < 4.78 is 0.873. The van der Waals surface area contributed by atoms with Gasteiger partial charge in [0.15, 0.2) is 6.23 Å². The predicted octanol–water partition coefficient (Wildman–Crippen LogP) is 2.48. The lowest BCUT2D eigenvalue weighted by Crippen LogP contribution is -2.83. The van der Waals surface area contributed by atoms with Crippen LogP contribution in [0.25, 0.3) is 0 Å². The smallest absolute Gasteiger partial charge is 0.194 e. The number of hydrogen-bond acceptors (Lipinski definition) is 3. The summed E-state index contributed by atoms with van der Waals surface area (Å²) in [4.78, 5) is 2.48. The first-order valence-corrected chi connectivity index (χ1v) is 11.1. The normalized spacial score (nSPS) is 53.7. The maximum absolute atomic E-state index is 11.9. The summed E-state index contributed by atoms with van der Waals surface area (Å²) >= 11 is 0. The highest BCUT2D eigenvalue weighted by Gasteiger charge is 2.82. The molecule has 0 radical (unpaired) electrons. The van der Waals surface area contributed by atoms with Crippen LogP contribution < -0.4 is 4.90 Å². The van der Waals surface area contributed by atoms with Gasteiger partial charge in [-0.05, 0) is 30.4 Å². The molecule has 5 fully saturated rings. The summed E-state index contributed by atoms with van der Waals surface area (Å²) in [5, 5.41) is 23.6. The van der Waals surface area contributed by atoms with Crippen LogP contribution in [0.3, 0.4) is 0 Å². The fraction of sp³-hybridized carbons (Fsp3) is 0.739. The van der Waals surface area contributed by atoms with Crippen LogP contribution in [-0.2, 0) is 5.41 Å². The molecule has 1 aliphatic carbocycles. The van der Waals surface area contributed by atoms with Crippen molar-refractivity contribution < 1.29 is 14.7 Å². The van der Waals surface area contributed by atoms with Crippen LogP contribution in [0.2, 0.25) is 0 Å². The predicted molar refractivity (Wildman–Crippen MR) is 105 cm³/mol. The van der Waals surface area contributed by atoms with Crippen LogP contribution in [0.5, 0.6) is 0 Å². The van der Waals surface area contributed by atoms with E-state index in [1.54, 1.807) is 0 Å². The number of piperidine rings is 4. The third-order valence-electron chi connectivity index (χ3n) is 9.73. The lowest BCUT2D eigenvalue weighted by Gasteiger charge is -2.68. The summed E-state index contributed by atoms with van der Waals surface area (Å²) in [5.74, 6) is 1.18. The molecular weight excluding hydrogens is 336 g/mol. The van der Waals surface area contributed by atoms with Crippen molar-refractivity contribution in [2.75, 3.05) is 18.5 Å². The minimum absolute atomic E-state index is 0.127. The number of quaternary nitrogens is 1. The maximum atomic E-state index is 11.9. The average molecular weight is 370 g/mol. The van der Waals surface area contributed by atoms with Gasteiger partial charge in [0.2, 0.25) is 0 Å². The van der Waals surface area contributed by atoms with Crippen molar-refractivity contribution >= 4 is 5.69 Å². The molecule has 146 valence electrons. The molecule has 27 heavy (non-hydrogen) atoms. The fourth-order valence-electron chi connectivity index (χ4n) is 9.23. The van der Waals surface area contributed by atoms with Gasteiger partial charge in [0.25, 0.3) is 0 Å². The lowest BCUT2D eigenvalue weighted by molar-refractivity contribution is -1.04. The van der Waals surface area contributed by atoms with Crippen molar-refractivity contribution in [3.63, 3.8) is 0 Å². The van der Waals surface area contributed by atoms with Crippen molar-refractivity contribution in [2.45, 2.75) is 75.4 Å². The van der Waals surface area contributed by atoms with Crippen molar-refractivity contribution in [2.24, 2.45) is 17.8 Å². The van der Waals surface area contributed by atoms with Gasteiger partial charge in [-0.3, -0.25) is 4.48 Å². The van der Waals surface area contributed by atoms with Gasteiger partial charge < -0.3 is 15.1 Å². The highest BCUT2D eigenvalue weighted by Crippen LogP contribution is 2.71. The molecule has 1 spiro atoms. The zero-order chi connectivity index (χ0) is 18.7. The molecule has 5 aliphatic heterocycles. The molecule has 1 aromatic rings. The lowest BCUT2D eigenvalue weighted by atomic mass is 9.60. The van der Waals surface area contributed by atoms with Gasteiger partial charge in [-0.2, -0.15) is 0 Å². The van der Waals surface area contributed by atoms with E-state index in [4.69, 9.17) is 0 Å². The number of anilines is 1. The highest BCUT2D eigenvalue weighted by molar-refractivity contribution is 5.66. The van der Waals surface area contributed by atoms with Crippen molar-refractivity contribution in [1.82, 2.24) is 0 Å². The SMILES string of the molecule is CCC[N@+]12[C@H](O)[C@@H](CC)[C@@H]3C[C@@H]1[C@@H]1N(C)c4ccccc4[C@]14C[C@H]2[C@@H]3[C@@H]4O. The molecule has 10 atom stereocenters. The van der Waals surface area contributed by atoms with E-state index in [0.29, 0.717) is 35.9 Å². The third kappa shape index (κ3) is 1.51. The Morgan fingerprint density at radius 1 is 1.19 bits per heavy atom. The Labute approximate surface area is 162 Å². The van der Waals surface area contributed by atoms with E-state index < -0.39 is 0 Å². The van der Waals surface area contributed by atoms with Crippen LogP contribution in [0, 0.1) is 17.8 Å². The second-order valence-electron chi connectivity index (χ2n) is 10.1. The summed E-state index contributed by atoms with van der Waals surface area (Å²) in [7, 11) is 2.23. The Bertz CT molecular complexity index is 798. The molecule has 0 unspecified atom stereocenters. The molecule has 4 heteroatoms. The third-order valence-corrected chi connectivity index (χ3v) is 9.73. The molecule has 0 aromatic heterocycles. The van der Waals surface area contributed by atoms with Gasteiger partial charge >= 0.3 is 0 Å². The Balaban J connectivity index is 1.62.